The fraction of sp³-hybridized carbons (Fsp3) is 0.320. The maximum absolute atomic E-state index is 12.2. The number of hydrogen-bond acceptors (Lipinski definition) is 8. The standard InChI is InChI=1S/C16H21N3O5S.C9H8O4/c1-2-7-18-15(20)12-19(16(18)25(21,22)23)14-5-3-13(4-6-14)17-8-10-24-11-9-17;1-5-2-6(8(10)11)4-7(3-5)9(12)13/h2-6,16H,1,7-12H2,(H,21,22,23);2-4H,1H3,(H,10,11)(H,12,13). The van der Waals surface area contributed by atoms with E-state index in [2.05, 4.69) is 11.5 Å². The number of amides is 1. The number of carboxylic acids is 2. The Morgan fingerprint density at radius 2 is 1.55 bits per heavy atom. The molecule has 12 nitrogen and oxygen atoms in total. The summed E-state index contributed by atoms with van der Waals surface area (Å²) in [5.41, 5.74) is 0.739. The lowest BCUT2D eigenvalue weighted by molar-refractivity contribution is -0.126. The van der Waals surface area contributed by atoms with Crippen LogP contribution in [0.3, 0.4) is 0 Å². The first kappa shape index (κ1) is 28.6. The van der Waals surface area contributed by atoms with Gasteiger partial charge in [-0.2, -0.15) is 8.42 Å². The third-order valence-electron chi connectivity index (χ3n) is 5.88. The highest BCUT2D eigenvalue weighted by atomic mass is 32.2. The van der Waals surface area contributed by atoms with Crippen LogP contribution in [-0.4, -0.2) is 90.8 Å². The number of benzene rings is 2. The van der Waals surface area contributed by atoms with Crippen molar-refractivity contribution < 1.29 is 42.3 Å². The van der Waals surface area contributed by atoms with Crippen molar-refractivity contribution in [2.45, 2.75) is 12.4 Å². The van der Waals surface area contributed by atoms with Gasteiger partial charge in [0.1, 0.15) is 6.54 Å². The van der Waals surface area contributed by atoms with Crippen LogP contribution in [0.5, 0.6) is 0 Å². The summed E-state index contributed by atoms with van der Waals surface area (Å²) in [7, 11) is -4.48. The topological polar surface area (TPSA) is 165 Å². The van der Waals surface area contributed by atoms with Gasteiger partial charge in [-0.15, -0.1) is 6.58 Å². The van der Waals surface area contributed by atoms with Gasteiger partial charge < -0.3 is 29.6 Å². The molecule has 0 aliphatic carbocycles. The molecule has 2 aliphatic heterocycles. The predicted octanol–water partition coefficient (Wildman–Crippen LogP) is 1.92. The first-order valence-electron chi connectivity index (χ1n) is 11.6. The molecule has 0 aromatic heterocycles. The Balaban J connectivity index is 0.000000260. The summed E-state index contributed by atoms with van der Waals surface area (Å²) in [4.78, 5) is 37.9. The van der Waals surface area contributed by atoms with Crippen molar-refractivity contribution in [1.29, 1.82) is 0 Å². The molecule has 0 bridgehead atoms. The predicted molar refractivity (Wildman–Crippen MR) is 139 cm³/mol. The SMILES string of the molecule is C=CCN1C(=O)CN(c2ccc(N3CCOCC3)cc2)C1S(=O)(=O)O.Cc1cc(C(=O)O)cc(C(=O)O)c1. The number of rotatable bonds is 7. The zero-order valence-electron chi connectivity index (χ0n) is 20.7. The van der Waals surface area contributed by atoms with E-state index in [-0.39, 0.29) is 30.1 Å². The molecule has 13 heteroatoms. The Morgan fingerprint density at radius 3 is 2.03 bits per heavy atom. The second kappa shape index (κ2) is 12.1. The average molecular weight is 548 g/mol. The summed E-state index contributed by atoms with van der Waals surface area (Å²) < 4.78 is 38.6. The lowest BCUT2D eigenvalue weighted by Gasteiger charge is -2.30. The Kier molecular flexibility index (Phi) is 9.09. The van der Waals surface area contributed by atoms with E-state index in [4.69, 9.17) is 14.9 Å². The average Bonchev–Trinajstić information content (AvgIpc) is 3.21. The van der Waals surface area contributed by atoms with E-state index in [1.54, 1.807) is 19.1 Å². The van der Waals surface area contributed by atoms with E-state index in [9.17, 15) is 27.4 Å². The Hall–Kier alpha value is -3.94. The number of carbonyl (C=O) groups excluding carboxylic acids is 1. The highest BCUT2D eigenvalue weighted by Crippen LogP contribution is 2.29. The molecule has 2 aliphatic rings. The summed E-state index contributed by atoms with van der Waals surface area (Å²) >= 11 is 0. The van der Waals surface area contributed by atoms with Crippen LogP contribution < -0.4 is 9.80 Å². The molecule has 2 saturated heterocycles. The Labute approximate surface area is 220 Å². The van der Waals surface area contributed by atoms with Crippen molar-refractivity contribution >= 4 is 39.3 Å². The van der Waals surface area contributed by atoms with Gasteiger partial charge in [-0.3, -0.25) is 9.35 Å². The lowest BCUT2D eigenvalue weighted by atomic mass is 10.1. The van der Waals surface area contributed by atoms with Crippen molar-refractivity contribution in [1.82, 2.24) is 4.90 Å². The normalized spacial score (nSPS) is 17.6. The van der Waals surface area contributed by atoms with Crippen LogP contribution in [0.2, 0.25) is 0 Å². The fourth-order valence-corrected chi connectivity index (χ4v) is 5.23. The van der Waals surface area contributed by atoms with Crippen LogP contribution in [0.25, 0.3) is 0 Å². The molecule has 1 unspecified atom stereocenters. The number of anilines is 2. The zero-order valence-corrected chi connectivity index (χ0v) is 21.5. The molecule has 0 spiro atoms. The van der Waals surface area contributed by atoms with Gasteiger partial charge in [0.05, 0.1) is 24.3 Å². The van der Waals surface area contributed by atoms with Gasteiger partial charge in [-0.1, -0.05) is 6.08 Å². The number of carbonyl (C=O) groups is 3. The largest absolute Gasteiger partial charge is 0.478 e. The Morgan fingerprint density at radius 1 is 1.03 bits per heavy atom. The maximum atomic E-state index is 12.2. The Bertz CT molecular complexity index is 1270. The molecule has 1 amide bonds. The molecule has 204 valence electrons. The van der Waals surface area contributed by atoms with Gasteiger partial charge in [0.25, 0.3) is 0 Å². The first-order chi connectivity index (χ1) is 17.9. The third-order valence-corrected chi connectivity index (χ3v) is 6.92. The van der Waals surface area contributed by atoms with Crippen molar-refractivity contribution in [3.05, 3.63) is 71.8 Å². The van der Waals surface area contributed by atoms with E-state index in [0.29, 0.717) is 24.5 Å². The second-order valence-corrected chi connectivity index (χ2v) is 10.1. The van der Waals surface area contributed by atoms with E-state index < -0.39 is 27.6 Å². The summed E-state index contributed by atoms with van der Waals surface area (Å²) in [6.07, 6.45) is 1.43. The van der Waals surface area contributed by atoms with Gasteiger partial charge in [-0.05, 0) is 55.0 Å². The van der Waals surface area contributed by atoms with Gasteiger partial charge in [0, 0.05) is 31.0 Å². The smallest absolute Gasteiger partial charge is 0.335 e. The highest BCUT2D eigenvalue weighted by Gasteiger charge is 2.45. The zero-order chi connectivity index (χ0) is 28.0. The van der Waals surface area contributed by atoms with Gasteiger partial charge in [-0.25, -0.2) is 9.59 Å². The van der Waals surface area contributed by atoms with Gasteiger partial charge >= 0.3 is 22.1 Å². The molecular formula is C25H29N3O9S. The molecular weight excluding hydrogens is 518 g/mol. The van der Waals surface area contributed by atoms with Crippen molar-refractivity contribution in [2.24, 2.45) is 0 Å². The molecule has 2 fully saturated rings. The number of carboxylic acid groups (broad SMARTS) is 2. The van der Waals surface area contributed by atoms with Crippen LogP contribution in [0.4, 0.5) is 11.4 Å². The van der Waals surface area contributed by atoms with Crippen molar-refractivity contribution in [2.75, 3.05) is 49.2 Å². The molecule has 0 radical (unpaired) electrons. The molecule has 3 N–H and O–H groups in total. The number of hydrogen-bond donors (Lipinski definition) is 3. The van der Waals surface area contributed by atoms with Crippen LogP contribution >= 0.6 is 0 Å². The van der Waals surface area contributed by atoms with Gasteiger partial charge in [0.15, 0.2) is 0 Å². The number of morpholine rings is 1. The summed E-state index contributed by atoms with van der Waals surface area (Å²) in [6.45, 7) is 8.04. The van der Waals surface area contributed by atoms with E-state index in [0.717, 1.165) is 29.7 Å². The van der Waals surface area contributed by atoms with E-state index >= 15 is 0 Å². The summed E-state index contributed by atoms with van der Waals surface area (Å²) in [6, 6.07) is 11.3. The number of ether oxygens (including phenoxy) is 1. The molecule has 2 aromatic carbocycles. The van der Waals surface area contributed by atoms with E-state index in [1.807, 2.05) is 12.1 Å². The molecule has 0 saturated carbocycles. The molecule has 2 aromatic rings. The molecule has 2 heterocycles. The minimum atomic E-state index is -4.48. The summed E-state index contributed by atoms with van der Waals surface area (Å²) in [5, 5.41) is 17.2. The fourth-order valence-electron chi connectivity index (χ4n) is 4.18. The quantitative estimate of drug-likeness (QED) is 0.342. The van der Waals surface area contributed by atoms with Crippen molar-refractivity contribution in [3.8, 4) is 0 Å². The van der Waals surface area contributed by atoms with E-state index in [1.165, 1.54) is 23.1 Å². The third kappa shape index (κ3) is 6.88. The maximum Gasteiger partial charge on any atom is 0.335 e. The first-order valence-corrected chi connectivity index (χ1v) is 13.1. The monoisotopic (exact) mass is 547 g/mol. The number of aryl methyl sites for hydroxylation is 1. The minimum Gasteiger partial charge on any atom is -0.478 e. The van der Waals surface area contributed by atoms with Crippen LogP contribution in [0, 0.1) is 6.92 Å². The summed E-state index contributed by atoms with van der Waals surface area (Å²) in [5.74, 6) is -2.61. The molecule has 4 rings (SSSR count). The van der Waals surface area contributed by atoms with Gasteiger partial charge in [0.2, 0.25) is 11.4 Å². The van der Waals surface area contributed by atoms with Crippen LogP contribution in [0.15, 0.2) is 55.1 Å². The highest BCUT2D eigenvalue weighted by molar-refractivity contribution is 7.86. The molecule has 1 atom stereocenters. The van der Waals surface area contributed by atoms with Crippen LogP contribution in [-0.2, 0) is 19.6 Å². The number of aromatic carboxylic acids is 2. The molecule has 38 heavy (non-hydrogen) atoms. The lowest BCUT2D eigenvalue weighted by Crippen LogP contribution is -2.45. The van der Waals surface area contributed by atoms with Crippen molar-refractivity contribution in [3.63, 3.8) is 0 Å². The number of nitrogens with zero attached hydrogens (tertiary/aromatic N) is 3. The van der Waals surface area contributed by atoms with Crippen LogP contribution in [0.1, 0.15) is 26.3 Å². The second-order valence-electron chi connectivity index (χ2n) is 8.62. The minimum absolute atomic E-state index is 0.00241.